The average molecular weight is 1270 g/mol. The van der Waals surface area contributed by atoms with E-state index in [2.05, 4.69) is 312 Å². The van der Waals surface area contributed by atoms with Crippen molar-refractivity contribution >= 4 is 117 Å². The van der Waals surface area contributed by atoms with Crippen molar-refractivity contribution in [2.45, 2.75) is 209 Å². The van der Waals surface area contributed by atoms with Gasteiger partial charge in [-0.3, -0.25) is 0 Å². The smallest absolute Gasteiger partial charge is 0.0809 e. The molecule has 5 aromatic heterocycles. The molecule has 0 saturated heterocycles. The Hall–Kier alpha value is -7.50. The van der Waals surface area contributed by atoms with Crippen LogP contribution in [-0.4, -0.2) is 9.97 Å². The lowest BCUT2D eigenvalue weighted by atomic mass is 9.78. The summed E-state index contributed by atoms with van der Waals surface area (Å²) in [5.74, 6) is 0. The molecule has 4 heteroatoms. The van der Waals surface area contributed by atoms with E-state index in [1.165, 1.54) is 146 Å². The lowest BCUT2D eigenvalue weighted by Gasteiger charge is -2.26. The summed E-state index contributed by atoms with van der Waals surface area (Å²) in [5.41, 5.74) is 24.2. The van der Waals surface area contributed by atoms with E-state index < -0.39 is 0 Å². The van der Waals surface area contributed by atoms with Gasteiger partial charge in [0.25, 0.3) is 0 Å². The summed E-state index contributed by atoms with van der Waals surface area (Å²) in [6.07, 6.45) is 0. The van der Waals surface area contributed by atoms with E-state index >= 15 is 0 Å². The molecule has 2 nitrogen and oxygen atoms in total. The molecule has 9 aromatic carbocycles. The molecule has 0 spiro atoms. The molecule has 0 amide bonds. The highest BCUT2D eigenvalue weighted by Gasteiger charge is 2.29. The topological polar surface area (TPSA) is 25.8 Å². The lowest BCUT2D eigenvalue weighted by Crippen LogP contribution is -2.16. The third-order valence-electron chi connectivity index (χ3n) is 20.5. The highest BCUT2D eigenvalue weighted by molar-refractivity contribution is 7.26. The van der Waals surface area contributed by atoms with Gasteiger partial charge in [-0.2, -0.15) is 0 Å². The van der Waals surface area contributed by atoms with Gasteiger partial charge in [-0.15, -0.1) is 22.7 Å². The quantitative estimate of drug-likeness (QED) is 0.175. The summed E-state index contributed by atoms with van der Waals surface area (Å²) in [6, 6.07) is 59.1. The van der Waals surface area contributed by atoms with Crippen LogP contribution in [0, 0.1) is 0 Å². The SMILES string of the molecule is CC(C)(C)c1cc(-c2cc3c4ccc(s4)c4cc(-c5cc(C(C)(C)C)cc(C(C)(C)C)c5)cc5c6cc(-c7cc(C(C)(C)C)cc(C(C)(C)C)c7)c7ccc8cc(sc8c7c6nc45)c4cc(-c5cc(C(C)(C)C)cc(C(C)(C)C)c5)cc5c(c2)c3nc45)cc(C(C)(C)C)c1. The van der Waals surface area contributed by atoms with Crippen molar-refractivity contribution in [1.29, 1.82) is 0 Å². The second kappa shape index (κ2) is 21.0. The zero-order valence-electron chi connectivity index (χ0n) is 60.6. The van der Waals surface area contributed by atoms with E-state index in [0.29, 0.717) is 0 Å². The molecule has 14 rings (SSSR count). The van der Waals surface area contributed by atoms with Crippen LogP contribution < -0.4 is 0 Å². The van der Waals surface area contributed by atoms with Crippen molar-refractivity contribution in [1.82, 2.24) is 9.97 Å². The number of hydrogen-bond acceptors (Lipinski definition) is 4. The number of nitrogens with zero attached hydrogens (tertiary/aromatic N) is 2. The maximum atomic E-state index is 6.08. The van der Waals surface area contributed by atoms with Gasteiger partial charge in [0.15, 0.2) is 0 Å². The van der Waals surface area contributed by atoms with Crippen molar-refractivity contribution in [2.24, 2.45) is 0 Å². The first-order valence-corrected chi connectivity index (χ1v) is 36.0. The summed E-state index contributed by atoms with van der Waals surface area (Å²) in [6.45, 7) is 56.5. The van der Waals surface area contributed by atoms with Gasteiger partial charge in [-0.25, -0.2) is 9.97 Å². The Labute approximate surface area is 567 Å². The van der Waals surface area contributed by atoms with Crippen molar-refractivity contribution in [3.8, 4) is 44.5 Å². The molecule has 5 heterocycles. The molecule has 0 radical (unpaired) electrons. The van der Waals surface area contributed by atoms with Crippen molar-refractivity contribution in [2.75, 3.05) is 0 Å². The molecule has 0 atom stereocenters. The first kappa shape index (κ1) is 63.9. The molecule has 8 bridgehead atoms. The Balaban J connectivity index is 1.22. The minimum absolute atomic E-state index is 0.0617. The monoisotopic (exact) mass is 1270 g/mol. The number of hydrogen-bond donors (Lipinski definition) is 0. The van der Waals surface area contributed by atoms with Gasteiger partial charge in [0.05, 0.1) is 22.1 Å². The van der Waals surface area contributed by atoms with Crippen LogP contribution in [-0.2, 0) is 43.3 Å². The standard InChI is InChI=1S/C90H96N2S2/c1-83(2,3)57-29-50(30-58(44-57)84(4,5)6)53-37-67-68-38-55(52-33-61(87(13,14)15)46-62(34-52)88(16,17)18)42-73-76-43-49-25-26-65-66(56-35-63(89(19,20)21)47-64(36-56)90(22,23)24)48-70-69-39-54(51-31-59(85(7,8)9)45-60(32-51)86(10,11)12)41-72(79(69)92-81(70)77(65)82(49)94-76)75-28-27-74(93-75)71(40-53)78(67)91-80(68)73/h25-48H,1-24H3. The number of fused-ring (bicyclic) bond motifs is 8. The van der Waals surface area contributed by atoms with Crippen LogP contribution in [0.3, 0.4) is 0 Å². The van der Waals surface area contributed by atoms with E-state index in [1.54, 1.807) is 0 Å². The largest absolute Gasteiger partial charge is 0.246 e. The maximum absolute atomic E-state index is 6.08. The van der Waals surface area contributed by atoms with E-state index in [9.17, 15) is 0 Å². The predicted octanol–water partition coefficient (Wildman–Crippen LogP) is 27.5. The van der Waals surface area contributed by atoms with Crippen molar-refractivity contribution < 1.29 is 0 Å². The van der Waals surface area contributed by atoms with Gasteiger partial charge in [-0.1, -0.05) is 251 Å². The summed E-state index contributed by atoms with van der Waals surface area (Å²) < 4.78 is 4.84. The van der Waals surface area contributed by atoms with Crippen molar-refractivity contribution in [3.63, 3.8) is 0 Å². The minimum atomic E-state index is -0.0717. The number of aromatic nitrogens is 2. The van der Waals surface area contributed by atoms with Crippen LogP contribution >= 0.6 is 22.7 Å². The Kier molecular flexibility index (Phi) is 14.3. The number of benzene rings is 9. The molecular formula is C90H96N2S2. The third-order valence-corrected chi connectivity index (χ3v) is 22.8. The van der Waals surface area contributed by atoms with Gasteiger partial charge in [0.1, 0.15) is 0 Å². The molecule has 0 aliphatic carbocycles. The zero-order chi connectivity index (χ0) is 67.4. The molecule has 0 aliphatic heterocycles. The maximum Gasteiger partial charge on any atom is 0.0809 e. The highest BCUT2D eigenvalue weighted by atomic mass is 32.1. The molecule has 0 aliphatic rings. The van der Waals surface area contributed by atoms with Crippen LogP contribution in [0.4, 0.5) is 0 Å². The van der Waals surface area contributed by atoms with Crippen LogP contribution in [0.1, 0.15) is 211 Å². The fourth-order valence-corrected chi connectivity index (χ4v) is 16.4. The molecule has 0 N–H and O–H groups in total. The van der Waals surface area contributed by atoms with E-state index in [4.69, 9.17) is 9.97 Å². The first-order chi connectivity index (χ1) is 43.5. The highest BCUT2D eigenvalue weighted by Crippen LogP contribution is 2.51. The van der Waals surface area contributed by atoms with Gasteiger partial charge in [-0.05, 0) is 204 Å². The Bertz CT molecular complexity index is 5350. The Morgan fingerprint density at radius 1 is 0.223 bits per heavy atom. The Morgan fingerprint density at radius 3 is 0.830 bits per heavy atom. The van der Waals surface area contributed by atoms with E-state index in [1.807, 2.05) is 22.7 Å². The number of thiophene rings is 2. The lowest BCUT2D eigenvalue weighted by molar-refractivity contribution is 0.568. The van der Waals surface area contributed by atoms with Crippen LogP contribution in [0.25, 0.3) is 139 Å². The normalized spacial score (nSPS) is 13.7. The average Bonchev–Trinajstić information content (AvgIpc) is 1.54. The van der Waals surface area contributed by atoms with Crippen LogP contribution in [0.5, 0.6) is 0 Å². The fourth-order valence-electron chi connectivity index (χ4n) is 14.1. The second-order valence-electron chi connectivity index (χ2n) is 36.2. The van der Waals surface area contributed by atoms with Crippen LogP contribution in [0.15, 0.2) is 146 Å². The summed E-state index contributed by atoms with van der Waals surface area (Å²) >= 11 is 3.80. The molecular weight excluding hydrogens is 1170 g/mol. The van der Waals surface area contributed by atoms with E-state index in [-0.39, 0.29) is 43.3 Å². The molecule has 0 saturated carbocycles. The van der Waals surface area contributed by atoms with Gasteiger partial charge in [0, 0.05) is 61.9 Å². The molecule has 0 unspecified atom stereocenters. The summed E-state index contributed by atoms with van der Waals surface area (Å²) in [5, 5.41) is 11.8. The van der Waals surface area contributed by atoms with Gasteiger partial charge >= 0.3 is 0 Å². The predicted molar refractivity (Wildman–Crippen MR) is 418 cm³/mol. The van der Waals surface area contributed by atoms with Gasteiger partial charge in [0.2, 0.25) is 0 Å². The minimum Gasteiger partial charge on any atom is -0.246 e. The molecule has 94 heavy (non-hydrogen) atoms. The summed E-state index contributed by atoms with van der Waals surface area (Å²) in [7, 11) is 0. The van der Waals surface area contributed by atoms with Crippen LogP contribution in [0.2, 0.25) is 0 Å². The molecule has 478 valence electrons. The zero-order valence-corrected chi connectivity index (χ0v) is 62.2. The summed E-state index contributed by atoms with van der Waals surface area (Å²) in [4.78, 5) is 12.1. The van der Waals surface area contributed by atoms with E-state index in [0.717, 1.165) is 38.2 Å². The molecule has 14 aromatic rings. The second-order valence-corrected chi connectivity index (χ2v) is 38.3. The molecule has 0 fully saturated rings. The Morgan fingerprint density at radius 2 is 0.500 bits per heavy atom. The first-order valence-electron chi connectivity index (χ1n) is 34.3. The fraction of sp³-hybridized carbons (Fsp3) is 0.356. The number of rotatable bonds is 4. The van der Waals surface area contributed by atoms with Gasteiger partial charge < -0.3 is 0 Å². The third kappa shape index (κ3) is 11.1. The van der Waals surface area contributed by atoms with Crippen molar-refractivity contribution in [3.05, 3.63) is 190 Å².